The first kappa shape index (κ1) is 15.7. The molecule has 0 saturated carbocycles. The highest BCUT2D eigenvalue weighted by atomic mass is 32.2. The molecule has 0 spiro atoms. The Hall–Kier alpha value is -1.67. The van der Waals surface area contributed by atoms with E-state index in [0.29, 0.717) is 24.7 Å². The molecule has 116 valence electrons. The van der Waals surface area contributed by atoms with Gasteiger partial charge in [-0.05, 0) is 37.4 Å². The molecule has 21 heavy (non-hydrogen) atoms. The highest BCUT2D eigenvalue weighted by molar-refractivity contribution is 7.90. The molecule has 8 heteroatoms. The Bertz CT molecular complexity index is 645. The molecule has 1 saturated heterocycles. The molecule has 1 aliphatic heterocycles. The van der Waals surface area contributed by atoms with Crippen molar-refractivity contribution in [2.24, 2.45) is 11.7 Å². The summed E-state index contributed by atoms with van der Waals surface area (Å²) in [5.74, 6) is 0.313. The molecule has 7 nitrogen and oxygen atoms in total. The molecule has 1 fully saturated rings. The normalized spacial score (nSPS) is 19.5. The van der Waals surface area contributed by atoms with E-state index in [1.165, 1.54) is 12.1 Å². The van der Waals surface area contributed by atoms with Gasteiger partial charge in [0.05, 0.1) is 9.82 Å². The summed E-state index contributed by atoms with van der Waals surface area (Å²) in [6, 6.07) is 4.08. The zero-order valence-corrected chi connectivity index (χ0v) is 12.7. The predicted molar refractivity (Wildman–Crippen MR) is 80.2 cm³/mol. The van der Waals surface area contributed by atoms with Crippen LogP contribution >= 0.6 is 0 Å². The minimum Gasteiger partial charge on any atom is -0.366 e. The van der Waals surface area contributed by atoms with Crippen molar-refractivity contribution < 1.29 is 13.3 Å². The van der Waals surface area contributed by atoms with E-state index in [9.17, 15) is 18.5 Å². The summed E-state index contributed by atoms with van der Waals surface area (Å²) in [6.07, 6.45) is 2.98. The van der Waals surface area contributed by atoms with E-state index in [2.05, 4.69) is 0 Å². The molecule has 1 unspecified atom stereocenters. The fraction of sp³-hybridized carbons (Fsp3) is 0.538. The maximum atomic E-state index is 11.5. The Kier molecular flexibility index (Phi) is 4.48. The second kappa shape index (κ2) is 5.98. The van der Waals surface area contributed by atoms with Gasteiger partial charge in [-0.2, -0.15) is 0 Å². The van der Waals surface area contributed by atoms with Crippen LogP contribution in [0, 0.1) is 16.0 Å². The number of hydrogen-bond donors (Lipinski definition) is 1. The summed E-state index contributed by atoms with van der Waals surface area (Å²) in [4.78, 5) is 12.6. The van der Waals surface area contributed by atoms with E-state index in [0.717, 1.165) is 31.7 Å². The summed E-state index contributed by atoms with van der Waals surface area (Å²) >= 11 is 0. The van der Waals surface area contributed by atoms with Gasteiger partial charge in [-0.25, -0.2) is 8.42 Å². The third kappa shape index (κ3) is 3.51. The average molecular weight is 313 g/mol. The van der Waals surface area contributed by atoms with Gasteiger partial charge >= 0.3 is 0 Å². The number of nitro groups is 1. The van der Waals surface area contributed by atoms with Gasteiger partial charge < -0.3 is 10.6 Å². The van der Waals surface area contributed by atoms with E-state index in [-0.39, 0.29) is 10.6 Å². The number of nitrogens with zero attached hydrogens (tertiary/aromatic N) is 2. The highest BCUT2D eigenvalue weighted by Gasteiger charge is 2.26. The van der Waals surface area contributed by atoms with Crippen molar-refractivity contribution in [1.29, 1.82) is 0 Å². The standard InChI is InChI=1S/C13H19N3O4S/c1-21(19,20)11-4-5-12(13(7-11)16(17)18)15-6-2-3-10(8-14)9-15/h4-5,7,10H,2-3,6,8-9,14H2,1H3. The minimum absolute atomic E-state index is 0.0367. The van der Waals surface area contributed by atoms with Crippen LogP contribution < -0.4 is 10.6 Å². The van der Waals surface area contributed by atoms with Crippen molar-refractivity contribution in [3.63, 3.8) is 0 Å². The maximum absolute atomic E-state index is 11.5. The fourth-order valence-corrected chi connectivity index (χ4v) is 3.26. The van der Waals surface area contributed by atoms with Crippen LogP contribution in [0.3, 0.4) is 0 Å². The molecule has 2 rings (SSSR count). The van der Waals surface area contributed by atoms with E-state index in [1.54, 1.807) is 0 Å². The van der Waals surface area contributed by atoms with Gasteiger partial charge in [0, 0.05) is 25.4 Å². The van der Waals surface area contributed by atoms with Crippen LogP contribution in [0.25, 0.3) is 0 Å². The average Bonchev–Trinajstić information content (AvgIpc) is 2.45. The monoisotopic (exact) mass is 313 g/mol. The Morgan fingerprint density at radius 3 is 2.76 bits per heavy atom. The van der Waals surface area contributed by atoms with Gasteiger partial charge in [-0.3, -0.25) is 10.1 Å². The van der Waals surface area contributed by atoms with Gasteiger partial charge in [0.15, 0.2) is 9.84 Å². The Balaban J connectivity index is 2.41. The first-order valence-electron chi connectivity index (χ1n) is 6.76. The number of hydrogen-bond acceptors (Lipinski definition) is 6. The third-order valence-electron chi connectivity index (χ3n) is 3.76. The van der Waals surface area contributed by atoms with Crippen molar-refractivity contribution in [3.8, 4) is 0 Å². The zero-order chi connectivity index (χ0) is 15.6. The van der Waals surface area contributed by atoms with Crippen molar-refractivity contribution in [2.45, 2.75) is 17.7 Å². The molecule has 1 aromatic rings. The number of piperidine rings is 1. The summed E-state index contributed by atoms with van der Waals surface area (Å²) in [5.41, 5.74) is 5.98. The molecule has 1 aromatic carbocycles. The predicted octanol–water partition coefficient (Wildman–Crippen LogP) is 1.17. The second-order valence-corrected chi connectivity index (χ2v) is 7.39. The van der Waals surface area contributed by atoms with Crippen LogP contribution in [0.4, 0.5) is 11.4 Å². The molecule has 0 radical (unpaired) electrons. The summed E-state index contributed by atoms with van der Waals surface area (Å²) in [7, 11) is -3.46. The zero-order valence-electron chi connectivity index (χ0n) is 11.9. The van der Waals surface area contributed by atoms with Crippen LogP contribution in [-0.2, 0) is 9.84 Å². The smallest absolute Gasteiger partial charge is 0.293 e. The lowest BCUT2D eigenvalue weighted by atomic mass is 9.97. The number of sulfone groups is 1. The molecule has 2 N–H and O–H groups in total. The molecular formula is C13H19N3O4S. The summed E-state index contributed by atoms with van der Waals surface area (Å²) < 4.78 is 23.1. The second-order valence-electron chi connectivity index (χ2n) is 5.37. The molecule has 0 aromatic heterocycles. The highest BCUT2D eigenvalue weighted by Crippen LogP contribution is 2.33. The SMILES string of the molecule is CS(=O)(=O)c1ccc(N2CCCC(CN)C2)c([N+](=O)[O-])c1. The van der Waals surface area contributed by atoms with Crippen LogP contribution in [-0.4, -0.2) is 39.2 Å². The molecule has 1 atom stereocenters. The van der Waals surface area contributed by atoms with Gasteiger partial charge in [0.25, 0.3) is 5.69 Å². The Morgan fingerprint density at radius 2 is 2.19 bits per heavy atom. The molecule has 0 amide bonds. The lowest BCUT2D eigenvalue weighted by Crippen LogP contribution is -2.38. The van der Waals surface area contributed by atoms with E-state index < -0.39 is 14.8 Å². The lowest BCUT2D eigenvalue weighted by molar-refractivity contribution is -0.384. The first-order valence-corrected chi connectivity index (χ1v) is 8.65. The number of rotatable bonds is 4. The van der Waals surface area contributed by atoms with Gasteiger partial charge in [-0.1, -0.05) is 0 Å². The molecule has 1 heterocycles. The lowest BCUT2D eigenvalue weighted by Gasteiger charge is -2.33. The van der Waals surface area contributed by atoms with Crippen molar-refractivity contribution in [2.75, 3.05) is 30.8 Å². The first-order chi connectivity index (χ1) is 9.82. The van der Waals surface area contributed by atoms with Crippen molar-refractivity contribution in [3.05, 3.63) is 28.3 Å². The summed E-state index contributed by atoms with van der Waals surface area (Å²) in [5, 5.41) is 11.3. The van der Waals surface area contributed by atoms with Crippen LogP contribution in [0.15, 0.2) is 23.1 Å². The number of benzene rings is 1. The van der Waals surface area contributed by atoms with Gasteiger partial charge in [0.1, 0.15) is 5.69 Å². The van der Waals surface area contributed by atoms with Crippen LogP contribution in [0.1, 0.15) is 12.8 Å². The number of nitrogens with two attached hydrogens (primary N) is 1. The van der Waals surface area contributed by atoms with Crippen molar-refractivity contribution in [1.82, 2.24) is 0 Å². The van der Waals surface area contributed by atoms with Crippen LogP contribution in [0.5, 0.6) is 0 Å². The van der Waals surface area contributed by atoms with E-state index >= 15 is 0 Å². The number of anilines is 1. The van der Waals surface area contributed by atoms with Gasteiger partial charge in [-0.15, -0.1) is 0 Å². The molecular weight excluding hydrogens is 294 g/mol. The molecule has 1 aliphatic rings. The minimum atomic E-state index is -3.46. The topological polar surface area (TPSA) is 107 Å². The van der Waals surface area contributed by atoms with Crippen molar-refractivity contribution >= 4 is 21.2 Å². The largest absolute Gasteiger partial charge is 0.366 e. The van der Waals surface area contributed by atoms with E-state index in [4.69, 9.17) is 5.73 Å². The summed E-state index contributed by atoms with van der Waals surface area (Å²) in [6.45, 7) is 1.93. The van der Waals surface area contributed by atoms with Gasteiger partial charge in [0.2, 0.25) is 0 Å². The molecule has 0 bridgehead atoms. The third-order valence-corrected chi connectivity index (χ3v) is 4.87. The Morgan fingerprint density at radius 1 is 1.48 bits per heavy atom. The fourth-order valence-electron chi connectivity index (χ4n) is 2.62. The maximum Gasteiger partial charge on any atom is 0.293 e. The number of nitro benzene ring substituents is 1. The van der Waals surface area contributed by atoms with E-state index in [1.807, 2.05) is 4.90 Å². The Labute approximate surface area is 123 Å². The molecule has 0 aliphatic carbocycles. The van der Waals surface area contributed by atoms with Crippen LogP contribution in [0.2, 0.25) is 0 Å². The quantitative estimate of drug-likeness (QED) is 0.660.